The van der Waals surface area contributed by atoms with E-state index in [0.717, 1.165) is 38.1 Å². The summed E-state index contributed by atoms with van der Waals surface area (Å²) in [4.78, 5) is 15.1. The minimum absolute atomic E-state index is 0.198. The molecule has 142 valence electrons. The smallest absolute Gasteiger partial charge is 0.143 e. The molecular formula is C23H27NO3. The SMILES string of the molecule is O=C1Cc2ccccc2CC12CCN(C[C@@H](O)COc1ccccc1)CC2. The first-order valence-electron chi connectivity index (χ1n) is 9.83. The number of ether oxygens (including phenoxy) is 1. The topological polar surface area (TPSA) is 49.8 Å². The van der Waals surface area contributed by atoms with Crippen LogP contribution in [0.4, 0.5) is 0 Å². The number of para-hydroxylation sites is 1. The van der Waals surface area contributed by atoms with Gasteiger partial charge in [0.05, 0.1) is 0 Å². The Labute approximate surface area is 160 Å². The van der Waals surface area contributed by atoms with E-state index in [0.29, 0.717) is 18.7 Å². The Bertz CT molecular complexity index is 781. The zero-order valence-electron chi connectivity index (χ0n) is 15.6. The van der Waals surface area contributed by atoms with Gasteiger partial charge in [-0.15, -0.1) is 0 Å². The van der Waals surface area contributed by atoms with Crippen molar-refractivity contribution >= 4 is 5.78 Å². The standard InChI is InChI=1S/C23H27NO3/c25-20(17-27-21-8-2-1-3-9-21)16-24-12-10-23(11-13-24)15-19-7-5-4-6-18(19)14-22(23)26/h1-9,20,25H,10-17H2/t20-/m1/s1. The predicted molar refractivity (Wildman–Crippen MR) is 105 cm³/mol. The molecule has 2 aromatic rings. The summed E-state index contributed by atoms with van der Waals surface area (Å²) < 4.78 is 5.64. The number of aliphatic hydroxyl groups is 1. The van der Waals surface area contributed by atoms with Crippen molar-refractivity contribution in [3.63, 3.8) is 0 Å². The molecule has 27 heavy (non-hydrogen) atoms. The van der Waals surface area contributed by atoms with Gasteiger partial charge in [-0.3, -0.25) is 4.79 Å². The van der Waals surface area contributed by atoms with Crippen molar-refractivity contribution in [3.8, 4) is 5.75 Å². The average Bonchev–Trinajstić information content (AvgIpc) is 2.70. The van der Waals surface area contributed by atoms with E-state index in [1.807, 2.05) is 36.4 Å². The highest BCUT2D eigenvalue weighted by Crippen LogP contribution is 2.41. The molecule has 1 heterocycles. The van der Waals surface area contributed by atoms with Crippen molar-refractivity contribution in [2.75, 3.05) is 26.2 Å². The third-order valence-corrected chi connectivity index (χ3v) is 6.06. The molecule has 2 aliphatic rings. The number of carbonyl (C=O) groups excluding carboxylic acids is 1. The number of likely N-dealkylation sites (tertiary alicyclic amines) is 1. The van der Waals surface area contributed by atoms with Crippen LogP contribution in [-0.4, -0.2) is 48.1 Å². The molecule has 0 unspecified atom stereocenters. The molecule has 0 aromatic heterocycles. The molecule has 4 rings (SSSR count). The van der Waals surface area contributed by atoms with Gasteiger partial charge in [0.1, 0.15) is 24.2 Å². The lowest BCUT2D eigenvalue weighted by Gasteiger charge is -2.43. The molecule has 1 N–H and O–H groups in total. The maximum Gasteiger partial charge on any atom is 0.143 e. The predicted octanol–water partition coefficient (Wildman–Crippen LogP) is 2.88. The number of β-amino-alcohol motifs (C(OH)–C–C–N with tert-alkyl or cyclic N) is 1. The number of nitrogens with zero attached hydrogens (tertiary/aromatic N) is 1. The van der Waals surface area contributed by atoms with Gasteiger partial charge < -0.3 is 14.7 Å². The fourth-order valence-corrected chi connectivity index (χ4v) is 4.41. The molecule has 4 heteroatoms. The summed E-state index contributed by atoms with van der Waals surface area (Å²) in [5, 5.41) is 10.3. The molecule has 2 aromatic carbocycles. The number of carbonyl (C=O) groups is 1. The molecule has 0 bridgehead atoms. The molecule has 1 saturated heterocycles. The van der Waals surface area contributed by atoms with Crippen molar-refractivity contribution in [3.05, 3.63) is 65.7 Å². The molecule has 0 amide bonds. The monoisotopic (exact) mass is 365 g/mol. The van der Waals surface area contributed by atoms with Gasteiger partial charge in [0, 0.05) is 18.4 Å². The van der Waals surface area contributed by atoms with Crippen molar-refractivity contribution in [2.24, 2.45) is 5.41 Å². The molecule has 0 radical (unpaired) electrons. The fraction of sp³-hybridized carbons (Fsp3) is 0.435. The van der Waals surface area contributed by atoms with Crippen LogP contribution in [0.15, 0.2) is 54.6 Å². The van der Waals surface area contributed by atoms with Crippen LogP contribution in [0.1, 0.15) is 24.0 Å². The van der Waals surface area contributed by atoms with Crippen LogP contribution in [0.3, 0.4) is 0 Å². The Morgan fingerprint density at radius 2 is 1.67 bits per heavy atom. The lowest BCUT2D eigenvalue weighted by molar-refractivity contribution is -0.132. The fourth-order valence-electron chi connectivity index (χ4n) is 4.41. The lowest BCUT2D eigenvalue weighted by Crippen LogP contribution is -2.49. The summed E-state index contributed by atoms with van der Waals surface area (Å²) in [6.07, 6.45) is 2.68. The van der Waals surface area contributed by atoms with Gasteiger partial charge in [0.15, 0.2) is 0 Å². The zero-order chi connectivity index (χ0) is 18.7. The van der Waals surface area contributed by atoms with Gasteiger partial charge in [-0.05, 0) is 55.6 Å². The average molecular weight is 365 g/mol. The van der Waals surface area contributed by atoms with E-state index in [4.69, 9.17) is 4.74 Å². The van der Waals surface area contributed by atoms with Gasteiger partial charge in [0.25, 0.3) is 0 Å². The number of fused-ring (bicyclic) bond motifs is 1. The Hall–Kier alpha value is -2.17. The summed E-state index contributed by atoms with van der Waals surface area (Å²) in [5.74, 6) is 1.18. The van der Waals surface area contributed by atoms with Crippen LogP contribution in [0.5, 0.6) is 5.75 Å². The van der Waals surface area contributed by atoms with E-state index in [1.165, 1.54) is 11.1 Å². The third-order valence-electron chi connectivity index (χ3n) is 6.06. The van der Waals surface area contributed by atoms with Gasteiger partial charge in [-0.1, -0.05) is 42.5 Å². The molecule has 1 atom stereocenters. The second-order valence-corrected chi connectivity index (χ2v) is 7.90. The number of Topliss-reactive ketones (excluding diaryl/α,β-unsaturated/α-hetero) is 1. The summed E-state index contributed by atoms with van der Waals surface area (Å²) in [5.41, 5.74) is 2.34. The van der Waals surface area contributed by atoms with Crippen LogP contribution >= 0.6 is 0 Å². The van der Waals surface area contributed by atoms with Crippen molar-refractivity contribution in [2.45, 2.75) is 31.8 Å². The number of aliphatic hydroxyl groups excluding tert-OH is 1. The number of hydrogen-bond donors (Lipinski definition) is 1. The summed E-state index contributed by atoms with van der Waals surface area (Å²) in [6.45, 7) is 2.60. The first-order valence-corrected chi connectivity index (χ1v) is 9.83. The molecule has 1 aliphatic carbocycles. The highest BCUT2D eigenvalue weighted by molar-refractivity contribution is 5.89. The molecule has 1 fully saturated rings. The Morgan fingerprint density at radius 1 is 1.00 bits per heavy atom. The lowest BCUT2D eigenvalue weighted by atomic mass is 9.65. The van der Waals surface area contributed by atoms with E-state index >= 15 is 0 Å². The van der Waals surface area contributed by atoms with E-state index in [2.05, 4.69) is 23.1 Å². The highest BCUT2D eigenvalue weighted by atomic mass is 16.5. The molecule has 1 aliphatic heterocycles. The number of benzene rings is 2. The Kier molecular flexibility index (Phi) is 5.28. The van der Waals surface area contributed by atoms with Crippen LogP contribution in [-0.2, 0) is 17.6 Å². The van der Waals surface area contributed by atoms with Crippen LogP contribution in [0.25, 0.3) is 0 Å². The maximum atomic E-state index is 12.8. The van der Waals surface area contributed by atoms with Crippen molar-refractivity contribution < 1.29 is 14.6 Å². The minimum atomic E-state index is -0.526. The second kappa shape index (κ2) is 7.83. The molecular weight excluding hydrogens is 338 g/mol. The van der Waals surface area contributed by atoms with E-state index in [-0.39, 0.29) is 12.0 Å². The maximum absolute atomic E-state index is 12.8. The quantitative estimate of drug-likeness (QED) is 0.885. The number of piperidine rings is 1. The largest absolute Gasteiger partial charge is 0.491 e. The van der Waals surface area contributed by atoms with Gasteiger partial charge in [0.2, 0.25) is 0 Å². The van der Waals surface area contributed by atoms with Gasteiger partial charge in [-0.25, -0.2) is 0 Å². The Balaban J connectivity index is 1.29. The highest BCUT2D eigenvalue weighted by Gasteiger charge is 2.43. The number of rotatable bonds is 5. The molecule has 4 nitrogen and oxygen atoms in total. The van der Waals surface area contributed by atoms with Gasteiger partial charge in [-0.2, -0.15) is 0 Å². The van der Waals surface area contributed by atoms with Crippen molar-refractivity contribution in [1.29, 1.82) is 0 Å². The van der Waals surface area contributed by atoms with E-state index in [1.54, 1.807) is 0 Å². The Morgan fingerprint density at radius 3 is 2.41 bits per heavy atom. The third kappa shape index (κ3) is 4.07. The van der Waals surface area contributed by atoms with Crippen LogP contribution in [0, 0.1) is 5.41 Å². The van der Waals surface area contributed by atoms with E-state index < -0.39 is 6.10 Å². The summed E-state index contributed by atoms with van der Waals surface area (Å²) in [7, 11) is 0. The van der Waals surface area contributed by atoms with Gasteiger partial charge >= 0.3 is 0 Å². The first kappa shape index (κ1) is 18.2. The molecule has 0 saturated carbocycles. The molecule has 1 spiro atoms. The van der Waals surface area contributed by atoms with Crippen molar-refractivity contribution in [1.82, 2.24) is 4.90 Å². The van der Waals surface area contributed by atoms with E-state index in [9.17, 15) is 9.90 Å². The number of ketones is 1. The summed E-state index contributed by atoms with van der Waals surface area (Å²) in [6, 6.07) is 17.9. The zero-order valence-corrected chi connectivity index (χ0v) is 15.6. The second-order valence-electron chi connectivity index (χ2n) is 7.90. The van der Waals surface area contributed by atoms with Crippen LogP contribution in [0.2, 0.25) is 0 Å². The van der Waals surface area contributed by atoms with Crippen LogP contribution < -0.4 is 4.74 Å². The number of hydrogen-bond acceptors (Lipinski definition) is 4. The minimum Gasteiger partial charge on any atom is -0.491 e. The summed E-state index contributed by atoms with van der Waals surface area (Å²) >= 11 is 0. The first-order chi connectivity index (χ1) is 13.1. The normalized spacial score (nSPS) is 20.3.